The maximum absolute atomic E-state index is 12.6. The van der Waals surface area contributed by atoms with Crippen LogP contribution < -0.4 is 0 Å². The fourth-order valence-electron chi connectivity index (χ4n) is 4.00. The highest BCUT2D eigenvalue weighted by atomic mass is 16.2. The van der Waals surface area contributed by atoms with Gasteiger partial charge in [0.1, 0.15) is 5.84 Å². The Labute approximate surface area is 184 Å². The summed E-state index contributed by atoms with van der Waals surface area (Å²) in [6.07, 6.45) is 21.4. The second kappa shape index (κ2) is 15.9. The zero-order chi connectivity index (χ0) is 21.3. The minimum atomic E-state index is 0.251. The Hall–Kier alpha value is -1.90. The van der Waals surface area contributed by atoms with Crippen molar-refractivity contribution in [3.63, 3.8) is 0 Å². The normalized spacial score (nSPS) is 13.9. The van der Waals surface area contributed by atoms with Crippen LogP contribution in [0.2, 0.25) is 0 Å². The number of carbonyl (C=O) groups is 1. The van der Waals surface area contributed by atoms with E-state index in [9.17, 15) is 4.79 Å². The maximum atomic E-state index is 12.6. The Bertz CT molecular complexity index is 636. The van der Waals surface area contributed by atoms with Crippen LogP contribution >= 0.6 is 0 Å². The number of hydrogen-bond donors (Lipinski definition) is 0. The van der Waals surface area contributed by atoms with Gasteiger partial charge < -0.3 is 0 Å². The lowest BCUT2D eigenvalue weighted by atomic mass is 10.1. The molecule has 2 rings (SSSR count). The van der Waals surface area contributed by atoms with Crippen molar-refractivity contribution in [1.29, 1.82) is 0 Å². The van der Waals surface area contributed by atoms with Crippen molar-refractivity contribution in [3.05, 3.63) is 48.0 Å². The molecule has 0 aliphatic carbocycles. The molecule has 1 amide bonds. The molecule has 0 spiro atoms. The molecule has 0 bridgehead atoms. The van der Waals surface area contributed by atoms with Crippen molar-refractivity contribution in [2.45, 2.75) is 96.8 Å². The van der Waals surface area contributed by atoms with Gasteiger partial charge in [-0.3, -0.25) is 14.7 Å². The van der Waals surface area contributed by atoms with E-state index in [-0.39, 0.29) is 5.91 Å². The molecule has 3 heteroatoms. The average molecular weight is 411 g/mol. The Balaban J connectivity index is 1.47. The summed E-state index contributed by atoms with van der Waals surface area (Å²) in [5.41, 5.74) is 1.22. The van der Waals surface area contributed by atoms with Crippen LogP contribution in [0.15, 0.2) is 47.5 Å². The molecule has 0 N–H and O–H groups in total. The lowest BCUT2D eigenvalue weighted by Gasteiger charge is -2.18. The number of allylic oxidation sites excluding steroid dienone is 2. The van der Waals surface area contributed by atoms with Gasteiger partial charge in [-0.05, 0) is 37.7 Å². The third-order valence-corrected chi connectivity index (χ3v) is 5.84. The highest BCUT2D eigenvalue weighted by Crippen LogP contribution is 2.13. The first-order valence-corrected chi connectivity index (χ1v) is 12.3. The largest absolute Gasteiger partial charge is 0.298 e. The highest BCUT2D eigenvalue weighted by molar-refractivity contribution is 6.00. The number of nitrogens with zero attached hydrogens (tertiary/aromatic N) is 2. The van der Waals surface area contributed by atoms with Gasteiger partial charge in [0.25, 0.3) is 0 Å². The number of amides is 1. The van der Waals surface area contributed by atoms with E-state index in [2.05, 4.69) is 36.2 Å². The van der Waals surface area contributed by atoms with E-state index in [1.807, 2.05) is 23.1 Å². The zero-order valence-electron chi connectivity index (χ0n) is 19.2. The molecule has 0 atom stereocenters. The van der Waals surface area contributed by atoms with Crippen LogP contribution in [0, 0.1) is 0 Å². The van der Waals surface area contributed by atoms with Gasteiger partial charge in [0.2, 0.25) is 5.91 Å². The van der Waals surface area contributed by atoms with Crippen LogP contribution in [0.4, 0.5) is 0 Å². The van der Waals surface area contributed by atoms with Crippen LogP contribution in [0.3, 0.4) is 0 Å². The molecular formula is C27H42N2O. The molecule has 1 aromatic rings. The van der Waals surface area contributed by atoms with E-state index in [0.717, 1.165) is 38.2 Å². The zero-order valence-corrected chi connectivity index (χ0v) is 19.2. The van der Waals surface area contributed by atoms with Crippen LogP contribution in [-0.4, -0.2) is 29.7 Å². The molecular weight excluding hydrogens is 368 g/mol. The highest BCUT2D eigenvalue weighted by Gasteiger charge is 2.22. The van der Waals surface area contributed by atoms with Gasteiger partial charge in [0.15, 0.2) is 0 Å². The minimum Gasteiger partial charge on any atom is -0.298 e. The Morgan fingerprint density at radius 3 is 2.23 bits per heavy atom. The summed E-state index contributed by atoms with van der Waals surface area (Å²) in [6.45, 7) is 3.77. The molecule has 0 aromatic heterocycles. The first-order valence-electron chi connectivity index (χ1n) is 12.3. The van der Waals surface area contributed by atoms with E-state index >= 15 is 0 Å². The summed E-state index contributed by atoms with van der Waals surface area (Å²) in [5.74, 6) is 1.20. The number of hydrogen-bond acceptors (Lipinski definition) is 2. The SMILES string of the molecule is CCCCCCCCC=CCCCCCCC(=O)N1CCN=C1Cc1ccccc1. The van der Waals surface area contributed by atoms with Crippen molar-refractivity contribution < 1.29 is 4.79 Å². The topological polar surface area (TPSA) is 32.7 Å². The Morgan fingerprint density at radius 1 is 0.900 bits per heavy atom. The first kappa shape index (κ1) is 24.4. The predicted octanol–water partition coefficient (Wildman–Crippen LogP) is 7.12. The molecule has 0 unspecified atom stereocenters. The van der Waals surface area contributed by atoms with Crippen LogP contribution in [0.5, 0.6) is 0 Å². The fraction of sp³-hybridized carbons (Fsp3) is 0.630. The van der Waals surface area contributed by atoms with Crippen molar-refractivity contribution in [3.8, 4) is 0 Å². The monoisotopic (exact) mass is 410 g/mol. The van der Waals surface area contributed by atoms with Crippen molar-refractivity contribution in [2.24, 2.45) is 4.99 Å². The first-order chi connectivity index (χ1) is 14.8. The summed E-state index contributed by atoms with van der Waals surface area (Å²) in [7, 11) is 0. The molecule has 166 valence electrons. The van der Waals surface area contributed by atoms with Gasteiger partial charge in [-0.2, -0.15) is 0 Å². The number of unbranched alkanes of at least 4 members (excludes halogenated alkanes) is 10. The second-order valence-electron chi connectivity index (χ2n) is 8.49. The minimum absolute atomic E-state index is 0.251. The van der Waals surface area contributed by atoms with Gasteiger partial charge in [-0.25, -0.2) is 0 Å². The standard InChI is InChI=1S/C27H42N2O/c1-2-3-4-5-6-7-8-9-10-11-12-13-14-18-21-27(30)29-23-22-28-26(29)24-25-19-16-15-17-20-25/h9-10,15-17,19-20H,2-8,11-14,18,21-24H2,1H3. The molecule has 1 heterocycles. The van der Waals surface area contributed by atoms with Crippen LogP contribution in [0.1, 0.15) is 96.0 Å². The molecule has 1 aromatic carbocycles. The molecule has 1 aliphatic heterocycles. The van der Waals surface area contributed by atoms with E-state index in [0.29, 0.717) is 6.42 Å². The summed E-state index contributed by atoms with van der Waals surface area (Å²) in [4.78, 5) is 19.1. The van der Waals surface area contributed by atoms with Crippen molar-refractivity contribution in [2.75, 3.05) is 13.1 Å². The average Bonchev–Trinajstić information content (AvgIpc) is 3.23. The van der Waals surface area contributed by atoms with E-state index in [1.54, 1.807) is 0 Å². The van der Waals surface area contributed by atoms with Gasteiger partial charge in [-0.1, -0.05) is 94.4 Å². The molecule has 0 saturated heterocycles. The predicted molar refractivity (Wildman–Crippen MR) is 129 cm³/mol. The third kappa shape index (κ3) is 10.2. The Kier molecular flexibility index (Phi) is 12.9. The van der Waals surface area contributed by atoms with Crippen LogP contribution in [-0.2, 0) is 11.2 Å². The summed E-state index contributed by atoms with van der Waals surface area (Å²) >= 11 is 0. The molecule has 0 fully saturated rings. The van der Waals surface area contributed by atoms with Gasteiger partial charge in [-0.15, -0.1) is 0 Å². The summed E-state index contributed by atoms with van der Waals surface area (Å²) in [5, 5.41) is 0. The molecule has 3 nitrogen and oxygen atoms in total. The second-order valence-corrected chi connectivity index (χ2v) is 8.49. The maximum Gasteiger partial charge on any atom is 0.227 e. The van der Waals surface area contributed by atoms with E-state index in [4.69, 9.17) is 0 Å². The van der Waals surface area contributed by atoms with Gasteiger partial charge in [0.05, 0.1) is 6.54 Å². The van der Waals surface area contributed by atoms with Crippen LogP contribution in [0.25, 0.3) is 0 Å². The number of carbonyl (C=O) groups excluding carboxylic acids is 1. The van der Waals surface area contributed by atoms with Gasteiger partial charge >= 0.3 is 0 Å². The number of rotatable bonds is 16. The van der Waals surface area contributed by atoms with E-state index < -0.39 is 0 Å². The lowest BCUT2D eigenvalue weighted by Crippen LogP contribution is -2.35. The quantitative estimate of drug-likeness (QED) is 0.211. The number of aliphatic imine (C=N–C) groups is 1. The van der Waals surface area contributed by atoms with Crippen molar-refractivity contribution in [1.82, 2.24) is 4.90 Å². The fourth-order valence-corrected chi connectivity index (χ4v) is 4.00. The molecule has 0 radical (unpaired) electrons. The molecule has 0 saturated carbocycles. The number of benzene rings is 1. The molecule has 1 aliphatic rings. The summed E-state index contributed by atoms with van der Waals surface area (Å²) in [6, 6.07) is 10.3. The van der Waals surface area contributed by atoms with E-state index in [1.165, 1.54) is 69.8 Å². The Morgan fingerprint density at radius 2 is 1.53 bits per heavy atom. The molecule has 30 heavy (non-hydrogen) atoms. The summed E-state index contributed by atoms with van der Waals surface area (Å²) < 4.78 is 0. The number of amidine groups is 1. The van der Waals surface area contributed by atoms with Gasteiger partial charge in [0, 0.05) is 19.4 Å². The lowest BCUT2D eigenvalue weighted by molar-refractivity contribution is -0.127. The van der Waals surface area contributed by atoms with Crippen molar-refractivity contribution >= 4 is 11.7 Å². The smallest absolute Gasteiger partial charge is 0.227 e. The third-order valence-electron chi connectivity index (χ3n) is 5.84.